The number of hydrogen-bond donors (Lipinski definition) is 1. The van der Waals surface area contributed by atoms with E-state index in [9.17, 15) is 4.79 Å². The van der Waals surface area contributed by atoms with E-state index in [1.165, 1.54) is 11.3 Å². The second-order valence-electron chi connectivity index (χ2n) is 5.32. The van der Waals surface area contributed by atoms with Gasteiger partial charge in [-0.1, -0.05) is 12.1 Å². The van der Waals surface area contributed by atoms with Crippen molar-refractivity contribution in [2.45, 2.75) is 13.0 Å². The molecule has 3 rings (SSSR count). The Morgan fingerprint density at radius 3 is 2.64 bits per heavy atom. The molecule has 1 aromatic carbocycles. The molecule has 2 heterocycles. The maximum Gasteiger partial charge on any atom is 0.271 e. The van der Waals surface area contributed by atoms with E-state index in [4.69, 9.17) is 9.47 Å². The third-order valence-electron chi connectivity index (χ3n) is 3.72. The molecule has 5 nitrogen and oxygen atoms in total. The average Bonchev–Trinajstić information content (AvgIpc) is 3.32. The summed E-state index contributed by atoms with van der Waals surface area (Å²) in [6.07, 6.45) is 0. The Hall–Kier alpha value is -2.38. The van der Waals surface area contributed by atoms with E-state index >= 15 is 0 Å². The van der Waals surface area contributed by atoms with Gasteiger partial charge in [0.15, 0.2) is 11.5 Å². The van der Waals surface area contributed by atoms with E-state index in [1.54, 1.807) is 30.9 Å². The lowest BCUT2D eigenvalue weighted by Crippen LogP contribution is -2.26. The second-order valence-corrected chi connectivity index (χ2v) is 7.13. The highest BCUT2D eigenvalue weighted by Crippen LogP contribution is 2.30. The van der Waals surface area contributed by atoms with Gasteiger partial charge < -0.3 is 14.8 Å². The number of hydrogen-bond acceptors (Lipinski definition) is 6. The van der Waals surface area contributed by atoms with Crippen molar-refractivity contribution < 1.29 is 14.3 Å². The van der Waals surface area contributed by atoms with Crippen LogP contribution >= 0.6 is 22.7 Å². The van der Waals surface area contributed by atoms with Crippen LogP contribution in [0.2, 0.25) is 0 Å². The van der Waals surface area contributed by atoms with Crippen LogP contribution in [0.15, 0.2) is 41.1 Å². The first-order valence-corrected chi connectivity index (χ1v) is 9.40. The van der Waals surface area contributed by atoms with E-state index in [0.717, 1.165) is 15.4 Å². The third-order valence-corrected chi connectivity index (χ3v) is 5.61. The third kappa shape index (κ3) is 3.83. The highest BCUT2D eigenvalue weighted by molar-refractivity contribution is 7.20. The van der Waals surface area contributed by atoms with E-state index in [-0.39, 0.29) is 11.9 Å². The SMILES string of the molecule is COc1ccc(C(C)NC(=O)c2csc(-c3cccs3)n2)cc1OC. The van der Waals surface area contributed by atoms with Crippen LogP contribution in [0.3, 0.4) is 0 Å². The molecule has 0 saturated carbocycles. The van der Waals surface area contributed by atoms with Crippen molar-refractivity contribution >= 4 is 28.6 Å². The van der Waals surface area contributed by atoms with Crippen molar-refractivity contribution in [3.8, 4) is 21.4 Å². The van der Waals surface area contributed by atoms with Gasteiger partial charge in [0.05, 0.1) is 25.1 Å². The van der Waals surface area contributed by atoms with Gasteiger partial charge in [-0.05, 0) is 36.1 Å². The van der Waals surface area contributed by atoms with Gasteiger partial charge in [0, 0.05) is 5.38 Å². The molecule has 0 aliphatic heterocycles. The minimum absolute atomic E-state index is 0.181. The summed E-state index contributed by atoms with van der Waals surface area (Å²) in [5.41, 5.74) is 1.36. The molecular weight excluding hydrogens is 356 g/mol. The lowest BCUT2D eigenvalue weighted by molar-refractivity contribution is 0.0935. The Morgan fingerprint density at radius 2 is 1.96 bits per heavy atom. The minimum atomic E-state index is -0.193. The predicted octanol–water partition coefficient (Wildman–Crippen LogP) is 4.38. The molecule has 2 aromatic heterocycles. The number of amides is 1. The number of carbonyl (C=O) groups excluding carboxylic acids is 1. The van der Waals surface area contributed by atoms with Crippen molar-refractivity contribution in [2.24, 2.45) is 0 Å². The Bertz CT molecular complexity index is 859. The van der Waals surface area contributed by atoms with Crippen LogP contribution in [-0.4, -0.2) is 25.1 Å². The van der Waals surface area contributed by atoms with Crippen molar-refractivity contribution in [3.05, 3.63) is 52.3 Å². The highest BCUT2D eigenvalue weighted by Gasteiger charge is 2.17. The lowest BCUT2D eigenvalue weighted by atomic mass is 10.1. The van der Waals surface area contributed by atoms with Crippen LogP contribution in [-0.2, 0) is 0 Å². The number of thiophene rings is 1. The standard InChI is InChI=1S/C18H18N2O3S2/c1-11(12-6-7-14(22-2)15(9-12)23-3)19-17(21)13-10-25-18(20-13)16-5-4-8-24-16/h4-11H,1-3H3,(H,19,21). The highest BCUT2D eigenvalue weighted by atomic mass is 32.1. The van der Waals surface area contributed by atoms with Gasteiger partial charge >= 0.3 is 0 Å². The van der Waals surface area contributed by atoms with Crippen LogP contribution < -0.4 is 14.8 Å². The molecule has 0 saturated heterocycles. The maximum absolute atomic E-state index is 12.5. The first-order valence-electron chi connectivity index (χ1n) is 7.64. The number of rotatable bonds is 6. The molecule has 0 radical (unpaired) electrons. The van der Waals surface area contributed by atoms with Gasteiger partial charge in [-0.3, -0.25) is 4.79 Å². The molecule has 0 bridgehead atoms. The Morgan fingerprint density at radius 1 is 1.16 bits per heavy atom. The molecular formula is C18H18N2O3S2. The summed E-state index contributed by atoms with van der Waals surface area (Å²) in [5.74, 6) is 1.10. The fourth-order valence-corrected chi connectivity index (χ4v) is 3.98. The number of methoxy groups -OCH3 is 2. The summed E-state index contributed by atoms with van der Waals surface area (Å²) < 4.78 is 10.6. The molecule has 3 aromatic rings. The first-order chi connectivity index (χ1) is 12.1. The molecule has 0 spiro atoms. The zero-order valence-electron chi connectivity index (χ0n) is 14.1. The largest absolute Gasteiger partial charge is 0.493 e. The normalized spacial score (nSPS) is 11.8. The molecule has 0 aliphatic rings. The molecule has 25 heavy (non-hydrogen) atoms. The maximum atomic E-state index is 12.5. The Labute approximate surface area is 154 Å². The summed E-state index contributed by atoms with van der Waals surface area (Å²) in [4.78, 5) is 18.0. The van der Waals surface area contributed by atoms with E-state index < -0.39 is 0 Å². The Kier molecular flexibility index (Phi) is 5.35. The summed E-state index contributed by atoms with van der Waals surface area (Å²) in [6.45, 7) is 1.92. The van der Waals surface area contributed by atoms with Crippen LogP contribution in [0.5, 0.6) is 11.5 Å². The van der Waals surface area contributed by atoms with Gasteiger partial charge in [0.1, 0.15) is 10.7 Å². The van der Waals surface area contributed by atoms with E-state index in [0.29, 0.717) is 17.2 Å². The average molecular weight is 374 g/mol. The number of benzene rings is 1. The molecule has 1 unspecified atom stereocenters. The van der Waals surface area contributed by atoms with Crippen molar-refractivity contribution in [3.63, 3.8) is 0 Å². The summed E-state index contributed by atoms with van der Waals surface area (Å²) >= 11 is 3.08. The zero-order chi connectivity index (χ0) is 17.8. The molecule has 130 valence electrons. The van der Waals surface area contributed by atoms with Crippen molar-refractivity contribution in [1.82, 2.24) is 10.3 Å². The van der Waals surface area contributed by atoms with Crippen LogP contribution in [0, 0.1) is 0 Å². The number of nitrogens with zero attached hydrogens (tertiary/aromatic N) is 1. The number of ether oxygens (including phenoxy) is 2. The van der Waals surface area contributed by atoms with E-state index in [1.807, 2.05) is 42.6 Å². The quantitative estimate of drug-likeness (QED) is 0.696. The fraction of sp³-hybridized carbons (Fsp3) is 0.222. The van der Waals surface area contributed by atoms with Crippen LogP contribution in [0.1, 0.15) is 29.0 Å². The molecule has 0 aliphatic carbocycles. The number of carbonyl (C=O) groups is 1. The van der Waals surface area contributed by atoms with Crippen LogP contribution in [0.4, 0.5) is 0 Å². The predicted molar refractivity (Wildman–Crippen MR) is 101 cm³/mol. The van der Waals surface area contributed by atoms with Gasteiger partial charge in [-0.25, -0.2) is 4.98 Å². The minimum Gasteiger partial charge on any atom is -0.493 e. The first kappa shape index (κ1) is 17.4. The number of nitrogens with one attached hydrogen (secondary N) is 1. The second kappa shape index (κ2) is 7.67. The summed E-state index contributed by atoms with van der Waals surface area (Å²) in [6, 6.07) is 9.39. The van der Waals surface area contributed by atoms with Gasteiger partial charge in [-0.15, -0.1) is 22.7 Å². The summed E-state index contributed by atoms with van der Waals surface area (Å²) in [5, 5.41) is 7.61. The number of thiazole rings is 1. The monoisotopic (exact) mass is 374 g/mol. The molecule has 7 heteroatoms. The topological polar surface area (TPSA) is 60.5 Å². The molecule has 1 atom stereocenters. The molecule has 1 amide bonds. The van der Waals surface area contributed by atoms with Crippen molar-refractivity contribution in [2.75, 3.05) is 14.2 Å². The summed E-state index contributed by atoms with van der Waals surface area (Å²) in [7, 11) is 3.18. The zero-order valence-corrected chi connectivity index (χ0v) is 15.7. The fourth-order valence-electron chi connectivity index (χ4n) is 2.37. The number of aromatic nitrogens is 1. The Balaban J connectivity index is 1.72. The lowest BCUT2D eigenvalue weighted by Gasteiger charge is -2.16. The van der Waals surface area contributed by atoms with Crippen molar-refractivity contribution in [1.29, 1.82) is 0 Å². The smallest absolute Gasteiger partial charge is 0.271 e. The molecule has 0 fully saturated rings. The van der Waals surface area contributed by atoms with Gasteiger partial charge in [-0.2, -0.15) is 0 Å². The van der Waals surface area contributed by atoms with Gasteiger partial charge in [0.25, 0.3) is 5.91 Å². The van der Waals surface area contributed by atoms with Crippen LogP contribution in [0.25, 0.3) is 9.88 Å². The molecule has 1 N–H and O–H groups in total. The van der Waals surface area contributed by atoms with Gasteiger partial charge in [0.2, 0.25) is 0 Å². The van der Waals surface area contributed by atoms with E-state index in [2.05, 4.69) is 10.3 Å².